The minimum absolute atomic E-state index is 0.838. The molecule has 0 aliphatic rings. The molecule has 0 atom stereocenters. The highest BCUT2D eigenvalue weighted by atomic mass is 16.3. The summed E-state index contributed by atoms with van der Waals surface area (Å²) in [7, 11) is 0. The second-order valence-electron chi connectivity index (χ2n) is 17.6. The Morgan fingerprint density at radius 3 is 1.41 bits per heavy atom. The van der Waals surface area contributed by atoms with E-state index in [1.807, 2.05) is 24.3 Å². The van der Waals surface area contributed by atoms with Gasteiger partial charge in [-0.2, -0.15) is 0 Å². The van der Waals surface area contributed by atoms with Gasteiger partial charge in [0.1, 0.15) is 22.3 Å². The summed E-state index contributed by atoms with van der Waals surface area (Å²) in [6.45, 7) is 6.66. The van der Waals surface area contributed by atoms with E-state index in [0.717, 1.165) is 94.3 Å². The molecule has 332 valence electrons. The molecule has 3 heteroatoms. The van der Waals surface area contributed by atoms with Crippen molar-refractivity contribution in [3.8, 4) is 55.6 Å². The average molecular weight is 898 g/mol. The largest absolute Gasteiger partial charge is 0.455 e. The van der Waals surface area contributed by atoms with Gasteiger partial charge in [-0.3, -0.25) is 0 Å². The van der Waals surface area contributed by atoms with Crippen molar-refractivity contribution in [2.45, 2.75) is 6.92 Å². The molecule has 2 aromatic heterocycles. The lowest BCUT2D eigenvalue weighted by Gasteiger charge is -2.27. The number of furan rings is 2. The Labute approximate surface area is 407 Å². The number of allylic oxidation sites excluding steroid dienone is 4. The van der Waals surface area contributed by atoms with Crippen molar-refractivity contribution in [3.63, 3.8) is 0 Å². The fourth-order valence-electron chi connectivity index (χ4n) is 10.1. The quantitative estimate of drug-likeness (QED) is 0.121. The third kappa shape index (κ3) is 7.60. The van der Waals surface area contributed by atoms with Crippen molar-refractivity contribution in [2.75, 3.05) is 4.90 Å². The number of fused-ring (bicyclic) bond motifs is 6. The molecule has 0 aliphatic heterocycles. The second kappa shape index (κ2) is 18.1. The van der Waals surface area contributed by atoms with E-state index >= 15 is 0 Å². The van der Waals surface area contributed by atoms with Gasteiger partial charge in [0.2, 0.25) is 0 Å². The van der Waals surface area contributed by atoms with E-state index in [4.69, 9.17) is 8.83 Å². The van der Waals surface area contributed by atoms with E-state index in [1.165, 1.54) is 33.4 Å². The maximum Gasteiger partial charge on any atom is 0.143 e. The SMILES string of the molecule is C=C(/C=C\C(=C/C)N(c1ccc(-c2cccc(-c3ccccc3)c2-c2ccccc2-c2ccccc2)cc1)c1ccc(-c2cccc3c2oc2ccccc23)cc1)c1cccc2c1oc1ccccc12. The Hall–Kier alpha value is -9.18. The molecule has 0 fully saturated rings. The molecular weight excluding hydrogens is 851 g/mol. The minimum atomic E-state index is 0.838. The first-order valence-corrected chi connectivity index (χ1v) is 23.8. The summed E-state index contributed by atoms with van der Waals surface area (Å²) in [6, 6.07) is 83.8. The number of benzene rings is 10. The van der Waals surface area contributed by atoms with Gasteiger partial charge in [0.25, 0.3) is 0 Å². The van der Waals surface area contributed by atoms with Crippen LogP contribution in [0, 0.1) is 0 Å². The molecule has 0 unspecified atom stereocenters. The molecular formula is C67H47NO2. The number of hydrogen-bond donors (Lipinski definition) is 0. The third-order valence-corrected chi connectivity index (χ3v) is 13.5. The Bertz CT molecular complexity index is 3950. The Kier molecular flexibility index (Phi) is 10.9. The van der Waals surface area contributed by atoms with Crippen LogP contribution in [0.25, 0.3) is 105 Å². The van der Waals surface area contributed by atoms with Crippen molar-refractivity contribution in [1.82, 2.24) is 0 Å². The lowest BCUT2D eigenvalue weighted by molar-refractivity contribution is 0.668. The van der Waals surface area contributed by atoms with Crippen molar-refractivity contribution in [2.24, 2.45) is 0 Å². The monoisotopic (exact) mass is 897 g/mol. The normalized spacial score (nSPS) is 11.9. The molecule has 0 saturated carbocycles. The average Bonchev–Trinajstić information content (AvgIpc) is 4.01. The summed E-state index contributed by atoms with van der Waals surface area (Å²) in [5.74, 6) is 0. The molecule has 0 bridgehead atoms. The highest BCUT2D eigenvalue weighted by Gasteiger charge is 2.20. The van der Waals surface area contributed by atoms with Crippen molar-refractivity contribution in [3.05, 3.63) is 273 Å². The molecule has 3 nitrogen and oxygen atoms in total. The predicted molar refractivity (Wildman–Crippen MR) is 295 cm³/mol. The van der Waals surface area contributed by atoms with Gasteiger partial charge in [0.05, 0.1) is 0 Å². The van der Waals surface area contributed by atoms with Crippen molar-refractivity contribution < 1.29 is 8.83 Å². The highest BCUT2D eigenvalue weighted by molar-refractivity contribution is 6.10. The van der Waals surface area contributed by atoms with E-state index < -0.39 is 0 Å². The van der Waals surface area contributed by atoms with E-state index in [9.17, 15) is 0 Å². The van der Waals surface area contributed by atoms with Crippen LogP contribution in [0.5, 0.6) is 0 Å². The maximum absolute atomic E-state index is 6.48. The second-order valence-corrected chi connectivity index (χ2v) is 17.6. The zero-order chi connectivity index (χ0) is 47.0. The fraction of sp³-hybridized carbons (Fsp3) is 0.0149. The molecule has 0 aliphatic carbocycles. The predicted octanol–water partition coefficient (Wildman–Crippen LogP) is 19.1. The van der Waals surface area contributed by atoms with E-state index in [2.05, 4.69) is 249 Å². The van der Waals surface area contributed by atoms with Crippen molar-refractivity contribution >= 4 is 60.8 Å². The van der Waals surface area contributed by atoms with Crippen LogP contribution in [0.2, 0.25) is 0 Å². The Balaban J connectivity index is 0.965. The van der Waals surface area contributed by atoms with Crippen LogP contribution < -0.4 is 4.90 Å². The van der Waals surface area contributed by atoms with E-state index in [0.29, 0.717) is 0 Å². The van der Waals surface area contributed by atoms with Gasteiger partial charge in [0.15, 0.2) is 0 Å². The summed E-state index contributed by atoms with van der Waals surface area (Å²) in [5.41, 5.74) is 19.9. The van der Waals surface area contributed by atoms with Crippen LogP contribution in [0.3, 0.4) is 0 Å². The molecule has 12 aromatic rings. The van der Waals surface area contributed by atoms with Gasteiger partial charge in [0, 0.05) is 49.7 Å². The standard InChI is InChI=1S/C67H47NO2/c1-3-50(40-35-45(2)53-27-16-31-61-58-24-12-14-33-63(58)69-66(53)61)68(52-43-38-49(39-44-52)57-30-18-32-62-59-25-13-15-34-64(59)70-67(57)62)51-41-36-48(37-42-51)56-29-17-28-55(47-21-8-5-9-22-47)65(56)60-26-11-10-23-54(60)46-19-6-4-7-20-46/h3-44H,2H2,1H3/b40-35-,50-3+. The van der Waals surface area contributed by atoms with Gasteiger partial charge in [-0.1, -0.05) is 219 Å². The molecule has 0 radical (unpaired) electrons. The summed E-state index contributed by atoms with van der Waals surface area (Å²) in [5, 5.41) is 4.40. The topological polar surface area (TPSA) is 29.5 Å². The molecule has 70 heavy (non-hydrogen) atoms. The van der Waals surface area contributed by atoms with Gasteiger partial charge in [-0.15, -0.1) is 0 Å². The lowest BCUT2D eigenvalue weighted by atomic mass is 9.84. The fourth-order valence-corrected chi connectivity index (χ4v) is 10.1. The van der Waals surface area contributed by atoms with Gasteiger partial charge in [-0.05, 0) is 105 Å². The zero-order valence-corrected chi connectivity index (χ0v) is 38.7. The molecule has 0 spiro atoms. The third-order valence-electron chi connectivity index (χ3n) is 13.5. The molecule has 0 amide bonds. The molecule has 0 N–H and O–H groups in total. The summed E-state index contributed by atoms with van der Waals surface area (Å²) < 4.78 is 12.9. The first-order valence-electron chi connectivity index (χ1n) is 23.8. The number of anilines is 2. The van der Waals surface area contributed by atoms with Crippen LogP contribution in [0.1, 0.15) is 12.5 Å². The Morgan fingerprint density at radius 1 is 0.371 bits per heavy atom. The zero-order valence-electron chi connectivity index (χ0n) is 38.7. The van der Waals surface area contributed by atoms with E-state index in [-0.39, 0.29) is 0 Å². The minimum Gasteiger partial charge on any atom is -0.455 e. The number of rotatable bonds is 11. The number of nitrogens with zero attached hydrogens (tertiary/aromatic N) is 1. The maximum atomic E-state index is 6.48. The van der Waals surface area contributed by atoms with E-state index in [1.54, 1.807) is 0 Å². The smallest absolute Gasteiger partial charge is 0.143 e. The molecule has 0 saturated heterocycles. The van der Waals surface area contributed by atoms with Crippen LogP contribution in [0.15, 0.2) is 276 Å². The first kappa shape index (κ1) is 42.2. The lowest BCUT2D eigenvalue weighted by Crippen LogP contribution is -2.15. The van der Waals surface area contributed by atoms with Gasteiger partial charge in [-0.25, -0.2) is 0 Å². The first-order chi connectivity index (χ1) is 34.6. The molecule has 10 aromatic carbocycles. The summed E-state index contributed by atoms with van der Waals surface area (Å²) in [6.07, 6.45) is 6.41. The van der Waals surface area contributed by atoms with Gasteiger partial charge < -0.3 is 13.7 Å². The van der Waals surface area contributed by atoms with Crippen LogP contribution in [0.4, 0.5) is 11.4 Å². The van der Waals surface area contributed by atoms with Gasteiger partial charge >= 0.3 is 0 Å². The Morgan fingerprint density at radius 2 is 0.800 bits per heavy atom. The summed E-state index contributed by atoms with van der Waals surface area (Å²) in [4.78, 5) is 2.31. The molecule has 12 rings (SSSR count). The van der Waals surface area contributed by atoms with Crippen LogP contribution in [-0.4, -0.2) is 0 Å². The van der Waals surface area contributed by atoms with Crippen molar-refractivity contribution in [1.29, 1.82) is 0 Å². The molecule has 2 heterocycles. The number of hydrogen-bond acceptors (Lipinski definition) is 3. The van der Waals surface area contributed by atoms with Crippen LogP contribution >= 0.6 is 0 Å². The number of para-hydroxylation sites is 4. The van der Waals surface area contributed by atoms with Crippen LogP contribution in [-0.2, 0) is 0 Å². The summed E-state index contributed by atoms with van der Waals surface area (Å²) >= 11 is 0. The highest BCUT2D eigenvalue weighted by Crippen LogP contribution is 2.45.